The molecule has 0 spiro atoms. The monoisotopic (exact) mass is 479 g/mol. The van der Waals surface area contributed by atoms with Crippen molar-refractivity contribution < 1.29 is 14.3 Å². The largest absolute Gasteiger partial charge is 0.485 e. The van der Waals surface area contributed by atoms with Crippen LogP contribution in [0, 0.1) is 0 Å². The molecule has 0 fully saturated rings. The van der Waals surface area contributed by atoms with Crippen LogP contribution in [-0.4, -0.2) is 53.2 Å². The van der Waals surface area contributed by atoms with E-state index >= 15 is 0 Å². The van der Waals surface area contributed by atoms with Crippen LogP contribution < -0.4 is 19.7 Å². The van der Waals surface area contributed by atoms with Crippen LogP contribution >= 0.6 is 11.8 Å². The predicted molar refractivity (Wildman–Crippen MR) is 134 cm³/mol. The Morgan fingerprint density at radius 1 is 1.21 bits per heavy atom. The highest BCUT2D eigenvalue weighted by Crippen LogP contribution is 2.36. The zero-order valence-electron chi connectivity index (χ0n) is 19.2. The van der Waals surface area contributed by atoms with Gasteiger partial charge in [0.15, 0.2) is 28.6 Å². The third kappa shape index (κ3) is 5.91. The third-order valence-electron chi connectivity index (χ3n) is 5.38. The standard InChI is InChI=1S/C25H29N5O3S/c1-3-15-30-24(22-17-32-20-12-7-8-13-21(20)33-22)27-28-25(30)34-18-23(31)26-14-9-16-29(2)19-10-5-4-6-11-19/h3-8,10-13,22H,1,9,14-18H2,2H3,(H,26,31)/t22-/m1/s1. The third-order valence-corrected chi connectivity index (χ3v) is 6.34. The van der Waals surface area contributed by atoms with Crippen LogP contribution in [0.4, 0.5) is 5.69 Å². The molecule has 3 aromatic rings. The van der Waals surface area contributed by atoms with Gasteiger partial charge in [-0.2, -0.15) is 0 Å². The second-order valence-corrected chi connectivity index (χ2v) is 8.80. The van der Waals surface area contributed by atoms with Gasteiger partial charge in [0.05, 0.1) is 5.75 Å². The molecule has 1 amide bonds. The molecule has 34 heavy (non-hydrogen) atoms. The number of benzene rings is 2. The number of anilines is 1. The number of amides is 1. The van der Waals surface area contributed by atoms with Crippen molar-refractivity contribution in [3.05, 3.63) is 73.1 Å². The van der Waals surface area contributed by atoms with Crippen molar-refractivity contribution in [3.8, 4) is 11.5 Å². The predicted octanol–water partition coefficient (Wildman–Crippen LogP) is 3.71. The number of aromatic nitrogens is 3. The maximum Gasteiger partial charge on any atom is 0.230 e. The van der Waals surface area contributed by atoms with Gasteiger partial charge in [0, 0.05) is 32.4 Å². The zero-order chi connectivity index (χ0) is 23.8. The number of ether oxygens (including phenoxy) is 2. The van der Waals surface area contributed by atoms with E-state index in [4.69, 9.17) is 9.47 Å². The van der Waals surface area contributed by atoms with Gasteiger partial charge in [-0.3, -0.25) is 9.36 Å². The number of para-hydroxylation sites is 3. The number of carbonyl (C=O) groups excluding carboxylic acids is 1. The number of nitrogens with one attached hydrogen (secondary N) is 1. The number of nitrogens with zero attached hydrogens (tertiary/aromatic N) is 4. The minimum absolute atomic E-state index is 0.0340. The summed E-state index contributed by atoms with van der Waals surface area (Å²) >= 11 is 1.35. The molecule has 178 valence electrons. The van der Waals surface area contributed by atoms with E-state index in [0.29, 0.717) is 36.4 Å². The molecule has 0 aliphatic carbocycles. The lowest BCUT2D eigenvalue weighted by Gasteiger charge is -2.26. The Morgan fingerprint density at radius 3 is 2.76 bits per heavy atom. The maximum absolute atomic E-state index is 12.4. The highest BCUT2D eigenvalue weighted by atomic mass is 32.2. The average Bonchev–Trinajstić information content (AvgIpc) is 3.28. The summed E-state index contributed by atoms with van der Waals surface area (Å²) in [5.41, 5.74) is 1.16. The summed E-state index contributed by atoms with van der Waals surface area (Å²) in [7, 11) is 2.05. The smallest absolute Gasteiger partial charge is 0.230 e. The molecule has 8 nitrogen and oxygen atoms in total. The van der Waals surface area contributed by atoms with Crippen LogP contribution in [-0.2, 0) is 11.3 Å². The first kappa shape index (κ1) is 23.7. The first-order chi connectivity index (χ1) is 16.7. The first-order valence-electron chi connectivity index (χ1n) is 11.2. The summed E-state index contributed by atoms with van der Waals surface area (Å²) in [6, 6.07) is 17.7. The van der Waals surface area contributed by atoms with E-state index in [-0.39, 0.29) is 17.8 Å². The summed E-state index contributed by atoms with van der Waals surface area (Å²) in [6.07, 6.45) is 2.25. The van der Waals surface area contributed by atoms with E-state index in [2.05, 4.69) is 46.2 Å². The molecular weight excluding hydrogens is 450 g/mol. The summed E-state index contributed by atoms with van der Waals surface area (Å²) < 4.78 is 13.8. The van der Waals surface area contributed by atoms with Gasteiger partial charge in [-0.15, -0.1) is 16.8 Å². The summed E-state index contributed by atoms with van der Waals surface area (Å²) in [6.45, 7) is 6.18. The Morgan fingerprint density at radius 2 is 1.97 bits per heavy atom. The van der Waals surface area contributed by atoms with Crippen molar-refractivity contribution in [2.24, 2.45) is 0 Å². The van der Waals surface area contributed by atoms with Crippen molar-refractivity contribution >= 4 is 23.4 Å². The van der Waals surface area contributed by atoms with Gasteiger partial charge in [0.25, 0.3) is 0 Å². The highest BCUT2D eigenvalue weighted by Gasteiger charge is 2.28. The molecule has 1 N–H and O–H groups in total. The van der Waals surface area contributed by atoms with E-state index < -0.39 is 0 Å². The van der Waals surface area contributed by atoms with Crippen molar-refractivity contribution in [3.63, 3.8) is 0 Å². The number of hydrogen-bond acceptors (Lipinski definition) is 7. The second-order valence-electron chi connectivity index (χ2n) is 7.85. The molecule has 0 saturated heterocycles. The number of thioether (sulfide) groups is 1. The van der Waals surface area contributed by atoms with Gasteiger partial charge < -0.3 is 19.7 Å². The lowest BCUT2D eigenvalue weighted by Crippen LogP contribution is -2.29. The average molecular weight is 480 g/mol. The Labute approximate surface area is 204 Å². The van der Waals surface area contributed by atoms with Gasteiger partial charge >= 0.3 is 0 Å². The SMILES string of the molecule is C=CCn1c(SCC(=O)NCCCN(C)c2ccccc2)nnc1[C@H]1COc2ccccc2O1. The van der Waals surface area contributed by atoms with E-state index in [1.165, 1.54) is 11.8 Å². The number of hydrogen-bond donors (Lipinski definition) is 1. The highest BCUT2D eigenvalue weighted by molar-refractivity contribution is 7.99. The fourth-order valence-corrected chi connectivity index (χ4v) is 4.41. The molecular formula is C25H29N5O3S. The van der Waals surface area contributed by atoms with Crippen molar-refractivity contribution in [1.29, 1.82) is 0 Å². The van der Waals surface area contributed by atoms with Crippen LogP contribution in [0.3, 0.4) is 0 Å². The van der Waals surface area contributed by atoms with E-state index in [1.807, 2.05) is 47.0 Å². The lowest BCUT2D eigenvalue weighted by atomic mass is 10.2. The number of allylic oxidation sites excluding steroid dienone is 1. The quantitative estimate of drug-likeness (QED) is 0.255. The van der Waals surface area contributed by atoms with Crippen molar-refractivity contribution in [2.45, 2.75) is 24.2 Å². The number of fused-ring (bicyclic) bond motifs is 1. The van der Waals surface area contributed by atoms with Crippen molar-refractivity contribution in [2.75, 3.05) is 37.4 Å². The van der Waals surface area contributed by atoms with E-state index in [1.54, 1.807) is 6.08 Å². The summed E-state index contributed by atoms with van der Waals surface area (Å²) in [5, 5.41) is 12.3. The van der Waals surface area contributed by atoms with Crippen LogP contribution in [0.1, 0.15) is 18.3 Å². The fourth-order valence-electron chi connectivity index (χ4n) is 3.63. The van der Waals surface area contributed by atoms with Crippen LogP contribution in [0.25, 0.3) is 0 Å². The maximum atomic E-state index is 12.4. The van der Waals surface area contributed by atoms with Crippen LogP contribution in [0.2, 0.25) is 0 Å². The molecule has 2 heterocycles. The van der Waals surface area contributed by atoms with E-state index in [0.717, 1.165) is 24.4 Å². The minimum atomic E-state index is -0.382. The second kappa shape index (κ2) is 11.6. The van der Waals surface area contributed by atoms with Gasteiger partial charge in [0.1, 0.15) is 6.61 Å². The van der Waals surface area contributed by atoms with Crippen LogP contribution in [0.5, 0.6) is 11.5 Å². The molecule has 0 radical (unpaired) electrons. The molecule has 1 aliphatic heterocycles. The minimum Gasteiger partial charge on any atom is -0.485 e. The Kier molecular flexibility index (Phi) is 8.08. The number of rotatable bonds is 11. The molecule has 0 unspecified atom stereocenters. The molecule has 2 aromatic carbocycles. The molecule has 4 rings (SSSR count). The molecule has 9 heteroatoms. The molecule has 0 bridgehead atoms. The lowest BCUT2D eigenvalue weighted by molar-refractivity contribution is -0.118. The van der Waals surface area contributed by atoms with Gasteiger partial charge in [-0.25, -0.2) is 0 Å². The Balaban J connectivity index is 1.27. The molecule has 1 atom stereocenters. The topological polar surface area (TPSA) is 81.5 Å². The molecule has 1 aromatic heterocycles. The van der Waals surface area contributed by atoms with Gasteiger partial charge in [0.2, 0.25) is 5.91 Å². The normalized spacial score (nSPS) is 14.4. The van der Waals surface area contributed by atoms with E-state index in [9.17, 15) is 4.79 Å². The van der Waals surface area contributed by atoms with Crippen LogP contribution in [0.15, 0.2) is 72.4 Å². The molecule has 1 aliphatic rings. The molecule has 0 saturated carbocycles. The zero-order valence-corrected chi connectivity index (χ0v) is 20.0. The summed E-state index contributed by atoms with van der Waals surface area (Å²) in [5.74, 6) is 2.27. The summed E-state index contributed by atoms with van der Waals surface area (Å²) in [4.78, 5) is 14.6. The van der Waals surface area contributed by atoms with Gasteiger partial charge in [-0.1, -0.05) is 48.2 Å². The van der Waals surface area contributed by atoms with Gasteiger partial charge in [-0.05, 0) is 30.7 Å². The van der Waals surface area contributed by atoms with Crippen molar-refractivity contribution in [1.82, 2.24) is 20.1 Å². The Hall–Kier alpha value is -3.46. The first-order valence-corrected chi connectivity index (χ1v) is 12.2. The Bertz CT molecular complexity index is 1100. The number of carbonyl (C=O) groups is 1. The fraction of sp³-hybridized carbons (Fsp3) is 0.320.